The van der Waals surface area contributed by atoms with Gasteiger partial charge in [-0.2, -0.15) is 17.5 Å². The van der Waals surface area contributed by atoms with Crippen LogP contribution in [-0.4, -0.2) is 32.4 Å². The molecule has 22 heavy (non-hydrogen) atoms. The van der Waals surface area contributed by atoms with E-state index < -0.39 is 21.8 Å². The zero-order valence-electron chi connectivity index (χ0n) is 12.4. The van der Waals surface area contributed by atoms with E-state index in [1.807, 2.05) is 6.92 Å². The van der Waals surface area contributed by atoms with Crippen molar-refractivity contribution >= 4 is 10.0 Å². The summed E-state index contributed by atoms with van der Waals surface area (Å²) < 4.78 is 64.6. The van der Waals surface area contributed by atoms with Crippen LogP contribution in [0.15, 0.2) is 23.1 Å². The first kappa shape index (κ1) is 17.2. The van der Waals surface area contributed by atoms with Gasteiger partial charge in [-0.1, -0.05) is 6.92 Å². The zero-order chi connectivity index (χ0) is 16.8. The lowest BCUT2D eigenvalue weighted by atomic mass is 9.90. The van der Waals surface area contributed by atoms with Gasteiger partial charge in [0.05, 0.1) is 10.5 Å². The molecule has 2 N–H and O–H groups in total. The average Bonchev–Trinajstić information content (AvgIpc) is 2.81. The third kappa shape index (κ3) is 3.13. The largest absolute Gasteiger partial charge is 0.416 e. The molecule has 0 amide bonds. The summed E-state index contributed by atoms with van der Waals surface area (Å²) in [5, 5.41) is 0. The van der Waals surface area contributed by atoms with E-state index in [2.05, 4.69) is 0 Å². The van der Waals surface area contributed by atoms with Crippen LogP contribution in [-0.2, 0) is 16.2 Å². The summed E-state index contributed by atoms with van der Waals surface area (Å²) in [5.41, 5.74) is 4.62. The molecule has 1 heterocycles. The Morgan fingerprint density at radius 2 is 2.00 bits per heavy atom. The van der Waals surface area contributed by atoms with Crippen molar-refractivity contribution in [2.24, 2.45) is 11.1 Å². The number of alkyl halides is 3. The fourth-order valence-electron chi connectivity index (χ4n) is 2.60. The monoisotopic (exact) mass is 336 g/mol. The molecule has 0 radical (unpaired) electrons. The summed E-state index contributed by atoms with van der Waals surface area (Å²) in [5.74, 6) is 0. The summed E-state index contributed by atoms with van der Waals surface area (Å²) in [7, 11) is -3.80. The molecule has 1 saturated heterocycles. The molecule has 0 bridgehead atoms. The number of benzene rings is 1. The summed E-state index contributed by atoms with van der Waals surface area (Å²) in [6, 6.07) is 2.70. The summed E-state index contributed by atoms with van der Waals surface area (Å²) in [6.07, 6.45) is -3.85. The van der Waals surface area contributed by atoms with Gasteiger partial charge in [-0.3, -0.25) is 0 Å². The van der Waals surface area contributed by atoms with Crippen molar-refractivity contribution in [1.29, 1.82) is 0 Å². The third-order valence-corrected chi connectivity index (χ3v) is 6.14. The fraction of sp³-hybridized carbons (Fsp3) is 0.571. The molecule has 0 aliphatic carbocycles. The summed E-state index contributed by atoms with van der Waals surface area (Å²) in [4.78, 5) is -0.0817. The van der Waals surface area contributed by atoms with E-state index in [0.29, 0.717) is 19.5 Å². The molecule has 2 rings (SSSR count). The standard InChI is InChI=1S/C14H19F3N2O2S/c1-10-7-11(14(15,16)17)3-4-12(10)22(20,21)19-6-5-13(2,8-18)9-19/h3-4,7H,5-6,8-9,18H2,1-2H3. The molecule has 0 saturated carbocycles. The minimum atomic E-state index is -4.49. The number of rotatable bonds is 3. The lowest BCUT2D eigenvalue weighted by Crippen LogP contribution is -2.34. The Morgan fingerprint density at radius 3 is 2.45 bits per heavy atom. The van der Waals surface area contributed by atoms with E-state index in [-0.39, 0.29) is 22.4 Å². The quantitative estimate of drug-likeness (QED) is 0.922. The van der Waals surface area contributed by atoms with Crippen LogP contribution < -0.4 is 5.73 Å². The van der Waals surface area contributed by atoms with Crippen molar-refractivity contribution in [3.63, 3.8) is 0 Å². The Kier molecular flexibility index (Phi) is 4.31. The minimum Gasteiger partial charge on any atom is -0.330 e. The molecule has 4 nitrogen and oxygen atoms in total. The Balaban J connectivity index is 2.35. The van der Waals surface area contributed by atoms with Crippen molar-refractivity contribution in [1.82, 2.24) is 4.31 Å². The number of hydrogen-bond acceptors (Lipinski definition) is 3. The molecule has 1 unspecified atom stereocenters. The molecule has 1 aliphatic rings. The summed E-state index contributed by atoms with van der Waals surface area (Å²) in [6.45, 7) is 4.26. The number of nitrogens with zero attached hydrogens (tertiary/aromatic N) is 1. The lowest BCUT2D eigenvalue weighted by Gasteiger charge is -2.23. The van der Waals surface area contributed by atoms with E-state index in [4.69, 9.17) is 5.73 Å². The second-order valence-corrected chi connectivity index (χ2v) is 7.99. The Hall–Kier alpha value is -1.12. The number of sulfonamides is 1. The fourth-order valence-corrected chi connectivity index (χ4v) is 4.40. The first-order valence-corrected chi connectivity index (χ1v) is 8.32. The average molecular weight is 336 g/mol. The second-order valence-electron chi connectivity index (χ2n) is 6.08. The maximum absolute atomic E-state index is 12.7. The van der Waals surface area contributed by atoms with Crippen LogP contribution in [0.1, 0.15) is 24.5 Å². The molecule has 1 atom stereocenters. The molecule has 1 fully saturated rings. The van der Waals surface area contributed by atoms with Crippen molar-refractivity contribution in [3.05, 3.63) is 29.3 Å². The van der Waals surface area contributed by atoms with Crippen LogP contribution >= 0.6 is 0 Å². The number of aryl methyl sites for hydroxylation is 1. The molecule has 0 aromatic heterocycles. The van der Waals surface area contributed by atoms with Crippen LogP contribution in [0.2, 0.25) is 0 Å². The summed E-state index contributed by atoms with van der Waals surface area (Å²) >= 11 is 0. The normalized spacial score (nSPS) is 23.9. The molecule has 1 aliphatic heterocycles. The van der Waals surface area contributed by atoms with Crippen molar-refractivity contribution in [2.75, 3.05) is 19.6 Å². The van der Waals surface area contributed by atoms with Crippen LogP contribution in [0.3, 0.4) is 0 Å². The number of nitrogens with two attached hydrogens (primary N) is 1. The number of hydrogen-bond donors (Lipinski definition) is 1. The third-order valence-electron chi connectivity index (χ3n) is 4.14. The highest BCUT2D eigenvalue weighted by Crippen LogP contribution is 2.35. The van der Waals surface area contributed by atoms with Gasteiger partial charge in [0.25, 0.3) is 0 Å². The molecule has 124 valence electrons. The van der Waals surface area contributed by atoms with Crippen LogP contribution in [0.25, 0.3) is 0 Å². The van der Waals surface area contributed by atoms with Crippen LogP contribution in [0.5, 0.6) is 0 Å². The van der Waals surface area contributed by atoms with Gasteiger partial charge in [-0.15, -0.1) is 0 Å². The number of halogens is 3. The van der Waals surface area contributed by atoms with Gasteiger partial charge in [-0.25, -0.2) is 8.42 Å². The predicted molar refractivity (Wildman–Crippen MR) is 76.7 cm³/mol. The topological polar surface area (TPSA) is 63.4 Å². The first-order valence-electron chi connectivity index (χ1n) is 6.88. The van der Waals surface area contributed by atoms with E-state index in [0.717, 1.165) is 18.2 Å². The highest BCUT2D eigenvalue weighted by molar-refractivity contribution is 7.89. The zero-order valence-corrected chi connectivity index (χ0v) is 13.3. The predicted octanol–water partition coefficient (Wildman–Crippen LogP) is 2.37. The van der Waals surface area contributed by atoms with Crippen LogP contribution in [0.4, 0.5) is 13.2 Å². The molecule has 0 spiro atoms. The maximum Gasteiger partial charge on any atom is 0.416 e. The van der Waals surface area contributed by atoms with Crippen LogP contribution in [0, 0.1) is 12.3 Å². The van der Waals surface area contributed by atoms with E-state index >= 15 is 0 Å². The SMILES string of the molecule is Cc1cc(C(F)(F)F)ccc1S(=O)(=O)N1CCC(C)(CN)C1. The van der Waals surface area contributed by atoms with E-state index in [1.54, 1.807) is 0 Å². The van der Waals surface area contributed by atoms with Crippen molar-refractivity contribution in [3.8, 4) is 0 Å². The highest BCUT2D eigenvalue weighted by Gasteiger charge is 2.40. The van der Waals surface area contributed by atoms with Gasteiger partial charge in [-0.05, 0) is 49.1 Å². The Morgan fingerprint density at radius 1 is 1.36 bits per heavy atom. The molecular formula is C14H19F3N2O2S. The Labute approximate surface area is 128 Å². The Bertz CT molecular complexity index is 673. The molecule has 8 heteroatoms. The molecular weight excluding hydrogens is 317 g/mol. The van der Waals surface area contributed by atoms with Gasteiger partial charge in [0.15, 0.2) is 0 Å². The van der Waals surface area contributed by atoms with Gasteiger partial charge in [0.1, 0.15) is 0 Å². The van der Waals surface area contributed by atoms with Crippen molar-refractivity contribution in [2.45, 2.75) is 31.3 Å². The highest BCUT2D eigenvalue weighted by atomic mass is 32.2. The van der Waals surface area contributed by atoms with Gasteiger partial charge < -0.3 is 5.73 Å². The second kappa shape index (κ2) is 5.50. The smallest absolute Gasteiger partial charge is 0.330 e. The van der Waals surface area contributed by atoms with Gasteiger partial charge in [0.2, 0.25) is 10.0 Å². The van der Waals surface area contributed by atoms with E-state index in [9.17, 15) is 21.6 Å². The minimum absolute atomic E-state index is 0.0817. The molecule has 1 aromatic rings. The van der Waals surface area contributed by atoms with Crippen molar-refractivity contribution < 1.29 is 21.6 Å². The lowest BCUT2D eigenvalue weighted by molar-refractivity contribution is -0.137. The maximum atomic E-state index is 12.7. The first-order chi connectivity index (χ1) is 9.99. The van der Waals surface area contributed by atoms with Gasteiger partial charge in [0, 0.05) is 13.1 Å². The molecule has 1 aromatic carbocycles. The van der Waals surface area contributed by atoms with Gasteiger partial charge >= 0.3 is 6.18 Å². The van der Waals surface area contributed by atoms with E-state index in [1.165, 1.54) is 11.2 Å².